The molecule has 406 valence electrons. The Balaban J connectivity index is 0.000000126. The van der Waals surface area contributed by atoms with E-state index in [1.54, 1.807) is 0 Å². The van der Waals surface area contributed by atoms with Crippen molar-refractivity contribution >= 4 is 164 Å². The minimum absolute atomic E-state index is 0.434. The van der Waals surface area contributed by atoms with Crippen molar-refractivity contribution in [2.24, 2.45) is 0 Å². The van der Waals surface area contributed by atoms with Gasteiger partial charge in [0.15, 0.2) is 22.3 Å². The summed E-state index contributed by atoms with van der Waals surface area (Å²) in [4.78, 5) is 0. The van der Waals surface area contributed by atoms with E-state index in [0.29, 0.717) is 5.92 Å². The highest BCUT2D eigenvalue weighted by atomic mass is 16.3. The summed E-state index contributed by atoms with van der Waals surface area (Å²) in [6.45, 7) is 4.53. The third-order valence-electron chi connectivity index (χ3n) is 19.0. The van der Waals surface area contributed by atoms with E-state index < -0.39 is 0 Å². The van der Waals surface area contributed by atoms with Crippen molar-refractivity contribution in [3.63, 3.8) is 0 Å². The van der Waals surface area contributed by atoms with E-state index in [9.17, 15) is 0 Å². The molecule has 0 fully saturated rings. The zero-order chi connectivity index (χ0) is 56.9. The van der Waals surface area contributed by atoms with Gasteiger partial charge in [0.05, 0.1) is 33.1 Å². The summed E-state index contributed by atoms with van der Waals surface area (Å²) >= 11 is 0. The third kappa shape index (κ3) is 6.32. The highest BCUT2D eigenvalue weighted by molar-refractivity contribution is 6.34. The molecule has 0 atom stereocenters. The molecule has 0 spiro atoms. The first-order valence-electron chi connectivity index (χ1n) is 30.0. The maximum Gasteiger partial charge on any atom is 0.160 e. The first-order valence-corrected chi connectivity index (χ1v) is 30.0. The summed E-state index contributed by atoms with van der Waals surface area (Å²) in [5.74, 6) is 0.434. The molecule has 0 radical (unpaired) electrons. The Morgan fingerprint density at radius 3 is 0.920 bits per heavy atom. The second-order valence-electron chi connectivity index (χ2n) is 23.9. The summed E-state index contributed by atoms with van der Waals surface area (Å²) < 4.78 is 31.5. The van der Waals surface area contributed by atoms with Gasteiger partial charge in [-0.3, -0.25) is 0 Å². The van der Waals surface area contributed by atoms with Crippen LogP contribution in [0.3, 0.4) is 0 Å². The summed E-state index contributed by atoms with van der Waals surface area (Å²) in [6.07, 6.45) is 0. The summed E-state index contributed by atoms with van der Waals surface area (Å²) in [7, 11) is 0. The van der Waals surface area contributed by atoms with Crippen LogP contribution in [-0.4, -0.2) is 8.80 Å². The lowest BCUT2D eigenvalue weighted by Gasteiger charge is -2.15. The van der Waals surface area contributed by atoms with Crippen LogP contribution in [0, 0.1) is 0 Å². The second kappa shape index (κ2) is 17.2. The fourth-order valence-electron chi connectivity index (χ4n) is 15.1. The van der Waals surface area contributed by atoms with Gasteiger partial charge in [0.2, 0.25) is 0 Å². The lowest BCUT2D eigenvalue weighted by atomic mass is 9.89. The van der Waals surface area contributed by atoms with Crippen LogP contribution in [0.4, 0.5) is 0 Å². The molecule has 0 aliphatic carbocycles. The minimum Gasteiger partial charge on any atom is -0.454 e. The highest BCUT2D eigenvalue weighted by Crippen LogP contribution is 2.51. The van der Waals surface area contributed by atoms with E-state index in [1.807, 2.05) is 24.3 Å². The van der Waals surface area contributed by atoms with Crippen LogP contribution in [0.15, 0.2) is 266 Å². The monoisotopic (exact) mass is 1110 g/mol. The molecule has 87 heavy (non-hydrogen) atoms. The van der Waals surface area contributed by atoms with Gasteiger partial charge in [0.25, 0.3) is 0 Å². The number of nitrogens with zero attached hydrogens (tertiary/aromatic N) is 2. The van der Waals surface area contributed by atoms with Gasteiger partial charge < -0.3 is 26.5 Å². The van der Waals surface area contributed by atoms with Gasteiger partial charge in [-0.15, -0.1) is 0 Å². The SMILES string of the molecule is CC(C)c1ccc(-c2cc3c4ccc5c6ccccc6oc5c4n4c3c(c2)c2ccc3c5ccccc5oc3c24)c(-c2ccccc2)c1.c1ccc(-c2cc3c4ccc5c6ccccc6oc5c4n4c3c(c2)c2ccc3c5ccccc5oc3c24)cc1. The molecule has 21 rings (SSSR count). The largest absolute Gasteiger partial charge is 0.454 e. The number of furan rings is 4. The smallest absolute Gasteiger partial charge is 0.160 e. The Hall–Kier alpha value is -11.3. The molecule has 0 saturated heterocycles. The Bertz CT molecular complexity index is 6150. The summed E-state index contributed by atoms with van der Waals surface area (Å²) in [5, 5.41) is 18.7. The molecule has 0 unspecified atom stereocenters. The average molecular weight is 1110 g/mol. The van der Waals surface area contributed by atoms with Gasteiger partial charge >= 0.3 is 0 Å². The Morgan fingerprint density at radius 2 is 0.552 bits per heavy atom. The van der Waals surface area contributed by atoms with E-state index in [4.69, 9.17) is 17.7 Å². The fourth-order valence-corrected chi connectivity index (χ4v) is 15.1. The fraction of sp³-hybridized carbons (Fsp3) is 0.0370. The Morgan fingerprint density at radius 1 is 0.230 bits per heavy atom. The maximum atomic E-state index is 6.72. The number of rotatable bonds is 4. The molecular formula is C81H48N2O4. The number of hydrogen-bond acceptors (Lipinski definition) is 4. The van der Waals surface area contributed by atoms with Gasteiger partial charge in [-0.2, -0.15) is 0 Å². The number of hydrogen-bond donors (Lipinski definition) is 0. The van der Waals surface area contributed by atoms with Crippen molar-refractivity contribution in [3.8, 4) is 33.4 Å². The Labute approximate surface area is 495 Å². The van der Waals surface area contributed by atoms with Crippen LogP contribution in [0.1, 0.15) is 25.3 Å². The van der Waals surface area contributed by atoms with E-state index in [-0.39, 0.29) is 0 Å². The lowest BCUT2D eigenvalue weighted by molar-refractivity contribution is 0.669. The number of benzene rings is 13. The number of para-hydroxylation sites is 4. The molecule has 6 heteroatoms. The molecule has 0 aliphatic rings. The molecule has 0 amide bonds. The molecule has 21 aromatic rings. The predicted molar refractivity (Wildman–Crippen MR) is 362 cm³/mol. The first kappa shape index (κ1) is 47.1. The van der Waals surface area contributed by atoms with Crippen molar-refractivity contribution < 1.29 is 17.7 Å². The van der Waals surface area contributed by atoms with Crippen LogP contribution in [0.5, 0.6) is 0 Å². The molecule has 6 nitrogen and oxygen atoms in total. The van der Waals surface area contributed by atoms with Crippen molar-refractivity contribution in [2.45, 2.75) is 19.8 Å². The molecule has 8 aromatic heterocycles. The summed E-state index contributed by atoms with van der Waals surface area (Å²) in [5.41, 5.74) is 22.7. The van der Waals surface area contributed by atoms with E-state index in [1.165, 1.54) is 93.1 Å². The van der Waals surface area contributed by atoms with Gasteiger partial charge in [0, 0.05) is 86.2 Å². The van der Waals surface area contributed by atoms with Crippen LogP contribution in [-0.2, 0) is 0 Å². The average Bonchev–Trinajstić information content (AvgIpc) is 1.55. The molecule has 0 bridgehead atoms. The van der Waals surface area contributed by atoms with E-state index in [0.717, 1.165) is 110 Å². The van der Waals surface area contributed by atoms with Crippen molar-refractivity contribution in [2.75, 3.05) is 0 Å². The molecule has 8 heterocycles. The lowest BCUT2D eigenvalue weighted by Crippen LogP contribution is -1.92. The molecule has 0 aliphatic heterocycles. The number of fused-ring (bicyclic) bond motifs is 28. The normalized spacial score (nSPS) is 12.6. The Kier molecular flexibility index (Phi) is 9.28. The topological polar surface area (TPSA) is 61.4 Å². The van der Waals surface area contributed by atoms with Crippen LogP contribution >= 0.6 is 0 Å². The minimum atomic E-state index is 0.434. The quantitative estimate of drug-likeness (QED) is 0.176. The molecule has 13 aromatic carbocycles. The van der Waals surface area contributed by atoms with Gasteiger partial charge in [-0.05, 0) is 118 Å². The zero-order valence-electron chi connectivity index (χ0n) is 47.3. The van der Waals surface area contributed by atoms with Crippen LogP contribution in [0.25, 0.3) is 197 Å². The highest BCUT2D eigenvalue weighted by Gasteiger charge is 2.28. The zero-order valence-corrected chi connectivity index (χ0v) is 47.3. The van der Waals surface area contributed by atoms with Crippen LogP contribution < -0.4 is 0 Å². The van der Waals surface area contributed by atoms with Gasteiger partial charge in [0.1, 0.15) is 22.3 Å². The maximum absolute atomic E-state index is 6.72. The van der Waals surface area contributed by atoms with Gasteiger partial charge in [-0.1, -0.05) is 190 Å². The second-order valence-corrected chi connectivity index (χ2v) is 23.9. The first-order chi connectivity index (χ1) is 43.0. The predicted octanol–water partition coefficient (Wildman–Crippen LogP) is 23.4. The van der Waals surface area contributed by atoms with Crippen LogP contribution in [0.2, 0.25) is 0 Å². The molecule has 0 saturated carbocycles. The molecular weight excluding hydrogens is 1060 g/mol. The standard InChI is InChI=1S/C45H29NO2.C36H19NO2/c1-25(2)27-16-17-29(36(22-27)26-10-4-3-5-11-26)28-23-37-32-18-20-34-30-12-6-8-14-39(30)47-44(34)42(32)46-41(37)38(24-28)33-19-21-35-31-13-7-9-15-40(31)48-45(35)43(33)46;1-2-8-20(9-3-1)21-18-28-24-14-16-26-22-10-4-6-12-30(22)38-35(26)33(24)37-32(28)29(19-21)25-15-17-27-23-11-5-7-13-31(23)39-36(27)34(25)37/h3-25H,1-2H3;1-19H. The number of aromatic nitrogens is 2. The van der Waals surface area contributed by atoms with Gasteiger partial charge in [-0.25, -0.2) is 0 Å². The summed E-state index contributed by atoms with van der Waals surface area (Å²) in [6, 6.07) is 89.2. The van der Waals surface area contributed by atoms with Crippen molar-refractivity contribution in [1.82, 2.24) is 8.80 Å². The van der Waals surface area contributed by atoms with Crippen molar-refractivity contribution in [1.29, 1.82) is 0 Å². The third-order valence-corrected chi connectivity index (χ3v) is 19.0. The molecule has 0 N–H and O–H groups in total. The van der Waals surface area contributed by atoms with Crippen molar-refractivity contribution in [3.05, 3.63) is 254 Å². The van der Waals surface area contributed by atoms with E-state index >= 15 is 0 Å². The van der Waals surface area contributed by atoms with E-state index in [2.05, 4.69) is 247 Å².